The average molecular weight is 557 g/mol. The molecule has 1 aromatic heterocycles. The van der Waals surface area contributed by atoms with Crippen molar-refractivity contribution in [1.29, 1.82) is 0 Å². The van der Waals surface area contributed by atoms with Crippen LogP contribution in [0.15, 0.2) is 79.0 Å². The molecule has 2 amide bonds. The minimum absolute atomic E-state index is 0.190. The second kappa shape index (κ2) is 11.6. The van der Waals surface area contributed by atoms with E-state index in [1.165, 1.54) is 19.2 Å². The van der Waals surface area contributed by atoms with Crippen molar-refractivity contribution in [2.45, 2.75) is 19.3 Å². The average Bonchev–Trinajstić information content (AvgIpc) is 2.94. The fourth-order valence-electron chi connectivity index (χ4n) is 4.63. The number of allylic oxidation sites excluding steroid dienone is 1. The number of carbonyl (C=O) groups is 2. The first-order chi connectivity index (χ1) is 19.3. The molecule has 5 rings (SSSR count). The number of carbonyl (C=O) groups excluding carboxylic acids is 2. The summed E-state index contributed by atoms with van der Waals surface area (Å²) in [6, 6.07) is 18.8. The van der Waals surface area contributed by atoms with Crippen LogP contribution >= 0.6 is 11.6 Å². The monoisotopic (exact) mass is 556 g/mol. The van der Waals surface area contributed by atoms with Gasteiger partial charge in [-0.3, -0.25) is 15.1 Å². The van der Waals surface area contributed by atoms with Gasteiger partial charge in [0.15, 0.2) is 0 Å². The summed E-state index contributed by atoms with van der Waals surface area (Å²) in [6.07, 6.45) is 4.49. The summed E-state index contributed by atoms with van der Waals surface area (Å²) in [5.41, 5.74) is 12.4. The van der Waals surface area contributed by atoms with E-state index in [1.54, 1.807) is 42.6 Å². The Balaban J connectivity index is 1.58. The summed E-state index contributed by atoms with van der Waals surface area (Å²) < 4.78 is 19.7. The molecule has 4 aromatic rings. The molecular formula is C31H26ClFN4O3. The number of amides is 2. The highest BCUT2D eigenvalue weighted by molar-refractivity contribution is 6.31. The van der Waals surface area contributed by atoms with E-state index in [1.807, 2.05) is 24.3 Å². The Kier molecular flexibility index (Phi) is 7.79. The molecule has 0 atom stereocenters. The molecule has 40 heavy (non-hydrogen) atoms. The van der Waals surface area contributed by atoms with Gasteiger partial charge in [0.2, 0.25) is 5.91 Å². The Morgan fingerprint density at radius 2 is 1.85 bits per heavy atom. The van der Waals surface area contributed by atoms with Crippen LogP contribution in [0.3, 0.4) is 0 Å². The minimum atomic E-state index is -0.640. The molecule has 0 unspecified atom stereocenters. The van der Waals surface area contributed by atoms with E-state index >= 15 is 4.39 Å². The van der Waals surface area contributed by atoms with Crippen LogP contribution in [0.1, 0.15) is 30.5 Å². The second-order valence-corrected chi connectivity index (χ2v) is 9.76. The number of aromatic nitrogens is 1. The third kappa shape index (κ3) is 5.97. The zero-order chi connectivity index (χ0) is 28.2. The molecule has 0 saturated carbocycles. The van der Waals surface area contributed by atoms with E-state index in [9.17, 15) is 9.59 Å². The highest BCUT2D eigenvalue weighted by Crippen LogP contribution is 2.36. The number of nitrogen functional groups attached to an aromatic ring is 1. The number of ether oxygens (including phenoxy) is 1. The van der Waals surface area contributed by atoms with E-state index in [2.05, 4.69) is 20.4 Å². The van der Waals surface area contributed by atoms with E-state index in [4.69, 9.17) is 17.3 Å². The van der Waals surface area contributed by atoms with Gasteiger partial charge in [-0.1, -0.05) is 29.8 Å². The number of nitrogens with zero attached hydrogens (tertiary/aromatic N) is 1. The Bertz CT molecular complexity index is 1640. The number of benzene rings is 3. The van der Waals surface area contributed by atoms with Crippen molar-refractivity contribution in [2.24, 2.45) is 0 Å². The molecule has 1 aliphatic heterocycles. The van der Waals surface area contributed by atoms with Gasteiger partial charge in [-0.05, 0) is 78.6 Å². The van der Waals surface area contributed by atoms with Gasteiger partial charge >= 0.3 is 6.09 Å². The smallest absolute Gasteiger partial charge is 0.411 e. The Morgan fingerprint density at radius 3 is 2.62 bits per heavy atom. The zero-order valence-corrected chi connectivity index (χ0v) is 22.4. The van der Waals surface area contributed by atoms with Gasteiger partial charge in [0.25, 0.3) is 0 Å². The van der Waals surface area contributed by atoms with Gasteiger partial charge in [0.05, 0.1) is 18.5 Å². The van der Waals surface area contributed by atoms with Crippen LogP contribution in [0.5, 0.6) is 0 Å². The lowest BCUT2D eigenvalue weighted by Gasteiger charge is -2.17. The molecule has 0 aliphatic carbocycles. The molecule has 4 N–H and O–H groups in total. The molecule has 2 bridgehead atoms. The van der Waals surface area contributed by atoms with Crippen molar-refractivity contribution in [2.75, 3.05) is 23.5 Å². The normalized spacial score (nSPS) is 14.5. The van der Waals surface area contributed by atoms with Crippen LogP contribution in [0.2, 0.25) is 5.02 Å². The van der Waals surface area contributed by atoms with E-state index in [0.717, 1.165) is 16.7 Å². The molecule has 0 saturated heterocycles. The van der Waals surface area contributed by atoms with Crippen LogP contribution < -0.4 is 16.4 Å². The maximum Gasteiger partial charge on any atom is 0.411 e. The van der Waals surface area contributed by atoms with Crippen LogP contribution in [0.25, 0.3) is 27.8 Å². The lowest BCUT2D eigenvalue weighted by Crippen LogP contribution is -2.14. The number of fused-ring (bicyclic) bond motifs is 4. The van der Waals surface area contributed by atoms with Crippen molar-refractivity contribution in [3.63, 3.8) is 0 Å². The van der Waals surface area contributed by atoms with Crippen molar-refractivity contribution >= 4 is 46.2 Å². The molecule has 0 fully saturated rings. The maximum atomic E-state index is 15.1. The molecule has 2 heterocycles. The van der Waals surface area contributed by atoms with E-state index in [0.29, 0.717) is 57.3 Å². The van der Waals surface area contributed by atoms with Crippen LogP contribution in [0.4, 0.5) is 26.2 Å². The number of methoxy groups -OCH3 is 1. The first-order valence-electron chi connectivity index (χ1n) is 12.6. The molecule has 0 spiro atoms. The van der Waals surface area contributed by atoms with Gasteiger partial charge in [-0.15, -0.1) is 0 Å². The van der Waals surface area contributed by atoms with Crippen LogP contribution in [-0.2, 0) is 9.53 Å². The lowest BCUT2D eigenvalue weighted by molar-refractivity contribution is -0.116. The molecule has 202 valence electrons. The lowest BCUT2D eigenvalue weighted by atomic mass is 9.94. The van der Waals surface area contributed by atoms with E-state index in [-0.39, 0.29) is 12.3 Å². The molecular weight excluding hydrogens is 531 g/mol. The number of halogens is 2. The van der Waals surface area contributed by atoms with Crippen LogP contribution in [0, 0.1) is 5.82 Å². The molecule has 7 nitrogen and oxygen atoms in total. The summed E-state index contributed by atoms with van der Waals surface area (Å²) in [4.78, 5) is 29.2. The molecule has 3 aromatic carbocycles. The first kappa shape index (κ1) is 26.9. The Labute approximate surface area is 235 Å². The van der Waals surface area contributed by atoms with Gasteiger partial charge in [-0.25, -0.2) is 9.18 Å². The number of nitrogens with one attached hydrogen (secondary N) is 2. The standard InChI is InChI=1S/C31H26ClFN4O3/c1-40-31(39)36-23-8-9-25-20-12-19(13-22(33)14-20)24(4-2-3-5-30(38)37-29(25)16-23)28-11-6-18(17-35-28)26-15-21(32)7-10-27(26)34/h4,6-17H,2-3,5,34H2,1H3,(H,36,39)(H,37,38)/b24-4+. The summed E-state index contributed by atoms with van der Waals surface area (Å²) in [5, 5.41) is 6.07. The maximum absolute atomic E-state index is 15.1. The summed E-state index contributed by atoms with van der Waals surface area (Å²) in [7, 11) is 1.26. The first-order valence-corrected chi connectivity index (χ1v) is 13.0. The number of hydrogen-bond donors (Lipinski definition) is 3. The number of nitrogens with two attached hydrogens (primary N) is 1. The highest BCUT2D eigenvalue weighted by Gasteiger charge is 2.17. The SMILES string of the molecule is COC(=O)Nc1ccc2c(c1)NC(=O)CCC/C=C(/c1ccc(-c3cc(Cl)ccc3N)cn1)c1cc(F)cc-2c1. The van der Waals surface area contributed by atoms with E-state index < -0.39 is 11.9 Å². The summed E-state index contributed by atoms with van der Waals surface area (Å²) >= 11 is 6.17. The minimum Gasteiger partial charge on any atom is -0.453 e. The van der Waals surface area contributed by atoms with Crippen molar-refractivity contribution in [3.8, 4) is 22.3 Å². The highest BCUT2D eigenvalue weighted by atomic mass is 35.5. The van der Waals surface area contributed by atoms with Gasteiger partial charge < -0.3 is 15.8 Å². The topological polar surface area (TPSA) is 106 Å². The quantitative estimate of drug-likeness (QED) is 0.226. The zero-order valence-electron chi connectivity index (χ0n) is 21.6. The van der Waals surface area contributed by atoms with Crippen LogP contribution in [-0.4, -0.2) is 24.1 Å². The molecule has 1 aliphatic rings. The fourth-order valence-corrected chi connectivity index (χ4v) is 4.80. The molecule has 0 radical (unpaired) electrons. The van der Waals surface area contributed by atoms with Crippen molar-refractivity contribution in [1.82, 2.24) is 4.98 Å². The predicted octanol–water partition coefficient (Wildman–Crippen LogP) is 7.52. The fraction of sp³-hybridized carbons (Fsp3) is 0.129. The number of anilines is 3. The number of pyridine rings is 1. The Hall–Kier alpha value is -4.69. The summed E-state index contributed by atoms with van der Waals surface area (Å²) in [6.45, 7) is 0. The van der Waals surface area contributed by atoms with Gasteiger partial charge in [0, 0.05) is 51.3 Å². The number of hydrogen-bond acceptors (Lipinski definition) is 5. The number of rotatable bonds is 3. The van der Waals surface area contributed by atoms with Crippen molar-refractivity contribution < 1.29 is 18.7 Å². The molecule has 9 heteroatoms. The third-order valence-corrected chi connectivity index (χ3v) is 6.80. The predicted molar refractivity (Wildman–Crippen MR) is 157 cm³/mol. The van der Waals surface area contributed by atoms with Gasteiger partial charge in [0.1, 0.15) is 5.82 Å². The van der Waals surface area contributed by atoms with Gasteiger partial charge in [-0.2, -0.15) is 0 Å². The second-order valence-electron chi connectivity index (χ2n) is 9.33. The largest absolute Gasteiger partial charge is 0.453 e. The summed E-state index contributed by atoms with van der Waals surface area (Å²) in [5.74, 6) is -0.627. The Morgan fingerprint density at radius 1 is 1.02 bits per heavy atom. The van der Waals surface area contributed by atoms with Crippen molar-refractivity contribution in [3.05, 3.63) is 101 Å². The third-order valence-electron chi connectivity index (χ3n) is 6.57.